The van der Waals surface area contributed by atoms with Gasteiger partial charge in [0, 0.05) is 13.3 Å². The molecule has 0 spiro atoms. The lowest BCUT2D eigenvalue weighted by Gasteiger charge is -1.85. The van der Waals surface area contributed by atoms with E-state index in [1.54, 1.807) is 0 Å². The van der Waals surface area contributed by atoms with E-state index in [1.165, 1.54) is 12.8 Å². The fraction of sp³-hybridized carbons (Fsp3) is 0.714. The van der Waals surface area contributed by atoms with Gasteiger partial charge in [0.25, 0.3) is 0 Å². The Morgan fingerprint density at radius 1 is 1.50 bits per heavy atom. The largest absolute Gasteiger partial charge is 0.426 e. The monoisotopic (exact) mass is 138 g/mol. The van der Waals surface area contributed by atoms with Gasteiger partial charge in [0.05, 0.1) is 0 Å². The smallest absolute Gasteiger partial charge is 0.216 e. The van der Waals surface area contributed by atoms with E-state index in [4.69, 9.17) is 4.42 Å². The maximum atomic E-state index is 5.21. The summed E-state index contributed by atoms with van der Waals surface area (Å²) in [6, 6.07) is 0. The van der Waals surface area contributed by atoms with E-state index < -0.39 is 0 Å². The Labute approximate surface area is 59.5 Å². The SMILES string of the molecule is Cc1nnc(CC2CC2)o1. The van der Waals surface area contributed by atoms with Crippen LogP contribution in [0.3, 0.4) is 0 Å². The van der Waals surface area contributed by atoms with Crippen molar-refractivity contribution in [1.82, 2.24) is 10.2 Å². The van der Waals surface area contributed by atoms with Gasteiger partial charge in [-0.1, -0.05) is 0 Å². The van der Waals surface area contributed by atoms with Crippen molar-refractivity contribution < 1.29 is 4.42 Å². The number of hydrogen-bond donors (Lipinski definition) is 0. The first-order valence-corrected chi connectivity index (χ1v) is 3.63. The lowest BCUT2D eigenvalue weighted by molar-refractivity contribution is 0.458. The van der Waals surface area contributed by atoms with Crippen molar-refractivity contribution in [2.75, 3.05) is 0 Å². The van der Waals surface area contributed by atoms with Crippen molar-refractivity contribution in [2.24, 2.45) is 5.92 Å². The van der Waals surface area contributed by atoms with Gasteiger partial charge in [-0.2, -0.15) is 0 Å². The van der Waals surface area contributed by atoms with E-state index in [1.807, 2.05) is 6.92 Å². The zero-order chi connectivity index (χ0) is 6.97. The fourth-order valence-corrected chi connectivity index (χ4v) is 0.989. The molecule has 0 amide bonds. The topological polar surface area (TPSA) is 38.9 Å². The van der Waals surface area contributed by atoms with Crippen LogP contribution in [0.25, 0.3) is 0 Å². The minimum absolute atomic E-state index is 0.677. The molecular formula is C7H10N2O. The highest BCUT2D eigenvalue weighted by Crippen LogP contribution is 2.31. The summed E-state index contributed by atoms with van der Waals surface area (Å²) < 4.78 is 5.21. The van der Waals surface area contributed by atoms with Crippen LogP contribution in [-0.4, -0.2) is 10.2 Å². The van der Waals surface area contributed by atoms with Crippen LogP contribution in [-0.2, 0) is 6.42 Å². The molecule has 0 aliphatic heterocycles. The lowest BCUT2D eigenvalue weighted by atomic mass is 10.3. The standard InChI is InChI=1S/C7H10N2O/c1-5-8-9-7(10-5)4-6-2-3-6/h6H,2-4H2,1H3. The number of rotatable bonds is 2. The Kier molecular flexibility index (Phi) is 1.22. The molecule has 1 aliphatic carbocycles. The first kappa shape index (κ1) is 5.89. The van der Waals surface area contributed by atoms with Crippen molar-refractivity contribution >= 4 is 0 Å². The molecule has 54 valence electrons. The molecule has 0 atom stereocenters. The molecule has 0 saturated heterocycles. The van der Waals surface area contributed by atoms with Crippen LogP contribution >= 0.6 is 0 Å². The lowest BCUT2D eigenvalue weighted by Crippen LogP contribution is -1.85. The Morgan fingerprint density at radius 3 is 2.80 bits per heavy atom. The molecular weight excluding hydrogens is 128 g/mol. The molecule has 0 aromatic carbocycles. The third kappa shape index (κ3) is 1.17. The molecule has 3 nitrogen and oxygen atoms in total. The van der Waals surface area contributed by atoms with Gasteiger partial charge in [-0.05, 0) is 18.8 Å². The van der Waals surface area contributed by atoms with Crippen LogP contribution in [0.5, 0.6) is 0 Å². The summed E-state index contributed by atoms with van der Waals surface area (Å²) in [4.78, 5) is 0. The molecule has 2 rings (SSSR count). The van der Waals surface area contributed by atoms with E-state index in [9.17, 15) is 0 Å². The summed E-state index contributed by atoms with van der Waals surface area (Å²) in [5, 5.41) is 7.66. The summed E-state index contributed by atoms with van der Waals surface area (Å²) in [5.74, 6) is 2.32. The predicted octanol–water partition coefficient (Wildman–Crippen LogP) is 1.33. The minimum atomic E-state index is 0.677. The van der Waals surface area contributed by atoms with Gasteiger partial charge in [0.15, 0.2) is 0 Å². The Balaban J connectivity index is 2.03. The molecule has 10 heavy (non-hydrogen) atoms. The van der Waals surface area contributed by atoms with Gasteiger partial charge in [0.1, 0.15) is 0 Å². The first-order valence-electron chi connectivity index (χ1n) is 3.63. The van der Waals surface area contributed by atoms with Crippen LogP contribution in [0.2, 0.25) is 0 Å². The van der Waals surface area contributed by atoms with E-state index in [-0.39, 0.29) is 0 Å². The predicted molar refractivity (Wildman–Crippen MR) is 35.5 cm³/mol. The third-order valence-electron chi connectivity index (χ3n) is 1.73. The normalized spacial score (nSPS) is 17.7. The van der Waals surface area contributed by atoms with Crippen LogP contribution in [0, 0.1) is 12.8 Å². The number of nitrogens with zero attached hydrogens (tertiary/aromatic N) is 2. The Hall–Kier alpha value is -0.860. The van der Waals surface area contributed by atoms with Gasteiger partial charge < -0.3 is 4.42 Å². The summed E-state index contributed by atoms with van der Waals surface area (Å²) >= 11 is 0. The molecule has 0 bridgehead atoms. The number of aryl methyl sites for hydroxylation is 1. The van der Waals surface area contributed by atoms with Gasteiger partial charge in [-0.25, -0.2) is 0 Å². The van der Waals surface area contributed by atoms with Crippen molar-refractivity contribution in [1.29, 1.82) is 0 Å². The molecule has 1 aromatic heterocycles. The molecule has 1 aromatic rings. The molecule has 1 saturated carbocycles. The average molecular weight is 138 g/mol. The van der Waals surface area contributed by atoms with Crippen molar-refractivity contribution in [3.63, 3.8) is 0 Å². The third-order valence-corrected chi connectivity index (χ3v) is 1.73. The second-order valence-electron chi connectivity index (χ2n) is 2.86. The van der Waals surface area contributed by atoms with E-state index >= 15 is 0 Å². The number of aromatic nitrogens is 2. The quantitative estimate of drug-likeness (QED) is 0.618. The van der Waals surface area contributed by atoms with Crippen LogP contribution < -0.4 is 0 Å². The molecule has 1 aliphatic rings. The summed E-state index contributed by atoms with van der Waals surface area (Å²) in [7, 11) is 0. The first-order chi connectivity index (χ1) is 4.84. The van der Waals surface area contributed by atoms with Crippen LogP contribution in [0.1, 0.15) is 24.6 Å². The highest BCUT2D eigenvalue weighted by molar-refractivity contribution is 4.87. The van der Waals surface area contributed by atoms with Crippen molar-refractivity contribution in [2.45, 2.75) is 26.2 Å². The van der Waals surface area contributed by atoms with E-state index in [0.717, 1.165) is 18.2 Å². The fourth-order valence-electron chi connectivity index (χ4n) is 0.989. The van der Waals surface area contributed by atoms with Crippen molar-refractivity contribution in [3.05, 3.63) is 11.8 Å². The zero-order valence-corrected chi connectivity index (χ0v) is 6.00. The minimum Gasteiger partial charge on any atom is -0.426 e. The van der Waals surface area contributed by atoms with E-state index in [0.29, 0.717) is 5.89 Å². The molecule has 1 heterocycles. The molecule has 1 fully saturated rings. The highest BCUT2D eigenvalue weighted by Gasteiger charge is 2.23. The summed E-state index contributed by atoms with van der Waals surface area (Å²) in [5.41, 5.74) is 0. The average Bonchev–Trinajstić information content (AvgIpc) is 2.59. The molecule has 3 heteroatoms. The maximum absolute atomic E-state index is 5.21. The summed E-state index contributed by atoms with van der Waals surface area (Å²) in [6.07, 6.45) is 3.66. The maximum Gasteiger partial charge on any atom is 0.216 e. The van der Waals surface area contributed by atoms with Crippen molar-refractivity contribution in [3.8, 4) is 0 Å². The highest BCUT2D eigenvalue weighted by atomic mass is 16.4. The van der Waals surface area contributed by atoms with Gasteiger partial charge >= 0.3 is 0 Å². The molecule has 0 unspecified atom stereocenters. The Bertz CT molecular complexity index is 227. The van der Waals surface area contributed by atoms with E-state index in [2.05, 4.69) is 10.2 Å². The Morgan fingerprint density at radius 2 is 2.30 bits per heavy atom. The molecule has 0 radical (unpaired) electrons. The zero-order valence-electron chi connectivity index (χ0n) is 6.00. The van der Waals surface area contributed by atoms with Gasteiger partial charge in [0.2, 0.25) is 11.8 Å². The summed E-state index contributed by atoms with van der Waals surface area (Å²) in [6.45, 7) is 1.82. The number of hydrogen-bond acceptors (Lipinski definition) is 3. The second kappa shape index (κ2) is 2.08. The second-order valence-corrected chi connectivity index (χ2v) is 2.86. The van der Waals surface area contributed by atoms with Gasteiger partial charge in [-0.3, -0.25) is 0 Å². The molecule has 0 N–H and O–H groups in total. The van der Waals surface area contributed by atoms with Crippen LogP contribution in [0.4, 0.5) is 0 Å². The van der Waals surface area contributed by atoms with Gasteiger partial charge in [-0.15, -0.1) is 10.2 Å². The van der Waals surface area contributed by atoms with Crippen LogP contribution in [0.15, 0.2) is 4.42 Å².